The molecule has 2 rings (SSSR count). The molecule has 1 aliphatic heterocycles. The number of nitrogens with one attached hydrogen (secondary N) is 1. The van der Waals surface area contributed by atoms with E-state index in [0.29, 0.717) is 13.1 Å². The van der Waals surface area contributed by atoms with Crippen LogP contribution in [0.5, 0.6) is 0 Å². The van der Waals surface area contributed by atoms with E-state index in [0.717, 1.165) is 18.4 Å². The van der Waals surface area contributed by atoms with Crippen LogP contribution < -0.4 is 5.32 Å². The molecule has 1 aromatic carbocycles. The molecular weight excluding hydrogens is 276 g/mol. The van der Waals surface area contributed by atoms with Gasteiger partial charge in [-0.15, -0.1) is 0 Å². The van der Waals surface area contributed by atoms with E-state index in [4.69, 9.17) is 0 Å². The lowest BCUT2D eigenvalue weighted by atomic mass is 9.86. The molecule has 0 saturated carbocycles. The molecule has 2 amide bonds. The zero-order valence-electron chi connectivity index (χ0n) is 14.0. The lowest BCUT2D eigenvalue weighted by molar-refractivity contribution is -0.119. The number of rotatable bonds is 2. The van der Waals surface area contributed by atoms with Gasteiger partial charge in [0.15, 0.2) is 0 Å². The van der Waals surface area contributed by atoms with Gasteiger partial charge in [-0.3, -0.25) is 9.59 Å². The minimum atomic E-state index is 0.00236. The number of piperidine rings is 1. The van der Waals surface area contributed by atoms with Crippen LogP contribution in [0.4, 0.5) is 0 Å². The summed E-state index contributed by atoms with van der Waals surface area (Å²) in [6, 6.07) is 8.12. The monoisotopic (exact) mass is 302 g/mol. The first-order valence-corrected chi connectivity index (χ1v) is 7.94. The van der Waals surface area contributed by atoms with Crippen LogP contribution in [0, 0.1) is 0 Å². The molecule has 0 spiro atoms. The van der Waals surface area contributed by atoms with Gasteiger partial charge in [-0.05, 0) is 36.0 Å². The number of hydrogen-bond acceptors (Lipinski definition) is 2. The van der Waals surface area contributed by atoms with Crippen molar-refractivity contribution in [2.75, 3.05) is 13.1 Å². The van der Waals surface area contributed by atoms with Crippen LogP contribution in [0.3, 0.4) is 0 Å². The van der Waals surface area contributed by atoms with E-state index in [-0.39, 0.29) is 23.3 Å². The molecule has 1 saturated heterocycles. The van der Waals surface area contributed by atoms with E-state index in [1.54, 1.807) is 0 Å². The average Bonchev–Trinajstić information content (AvgIpc) is 2.46. The molecular formula is C18H26N2O2. The predicted molar refractivity (Wildman–Crippen MR) is 87.9 cm³/mol. The summed E-state index contributed by atoms with van der Waals surface area (Å²) in [7, 11) is 0. The molecule has 0 aliphatic carbocycles. The van der Waals surface area contributed by atoms with Crippen molar-refractivity contribution in [1.29, 1.82) is 0 Å². The van der Waals surface area contributed by atoms with Gasteiger partial charge in [-0.2, -0.15) is 0 Å². The third-order valence-corrected chi connectivity index (χ3v) is 4.19. The number of nitrogens with zero attached hydrogens (tertiary/aromatic N) is 1. The zero-order chi connectivity index (χ0) is 16.3. The average molecular weight is 302 g/mol. The summed E-state index contributed by atoms with van der Waals surface area (Å²) < 4.78 is 0. The number of carbonyl (C=O) groups excluding carboxylic acids is 2. The van der Waals surface area contributed by atoms with E-state index in [2.05, 4.69) is 26.1 Å². The first kappa shape index (κ1) is 16.5. The van der Waals surface area contributed by atoms with Crippen LogP contribution >= 0.6 is 0 Å². The maximum absolute atomic E-state index is 12.5. The number of hydrogen-bond donors (Lipinski definition) is 1. The second kappa shape index (κ2) is 6.51. The largest absolute Gasteiger partial charge is 0.353 e. The lowest BCUT2D eigenvalue weighted by Gasteiger charge is -2.32. The molecule has 0 bridgehead atoms. The van der Waals surface area contributed by atoms with Crippen molar-refractivity contribution in [1.82, 2.24) is 10.2 Å². The van der Waals surface area contributed by atoms with Crippen LogP contribution in [-0.2, 0) is 10.2 Å². The quantitative estimate of drug-likeness (QED) is 0.913. The third-order valence-electron chi connectivity index (χ3n) is 4.19. The molecule has 1 N–H and O–H groups in total. The molecule has 22 heavy (non-hydrogen) atoms. The van der Waals surface area contributed by atoms with Crippen molar-refractivity contribution in [3.63, 3.8) is 0 Å². The predicted octanol–water partition coefficient (Wildman–Crippen LogP) is 2.72. The van der Waals surface area contributed by atoms with Crippen LogP contribution in [0.1, 0.15) is 56.5 Å². The Labute approximate surface area is 132 Å². The fourth-order valence-electron chi connectivity index (χ4n) is 2.81. The first-order valence-electron chi connectivity index (χ1n) is 7.94. The highest BCUT2D eigenvalue weighted by Gasteiger charge is 2.24. The Bertz CT molecular complexity index is 535. The number of carbonyl (C=O) groups is 2. The SMILES string of the molecule is CC(=O)NC1CCN(C(=O)c2ccc(C(C)(C)C)cc2)CC1. The van der Waals surface area contributed by atoms with Gasteiger partial charge in [0.1, 0.15) is 0 Å². The zero-order valence-corrected chi connectivity index (χ0v) is 14.0. The standard InChI is InChI=1S/C18H26N2O2/c1-13(21)19-16-9-11-20(12-10-16)17(22)14-5-7-15(8-6-14)18(2,3)4/h5-8,16H,9-12H2,1-4H3,(H,19,21). The Kier molecular flexibility index (Phi) is 4.89. The summed E-state index contributed by atoms with van der Waals surface area (Å²) in [5.41, 5.74) is 2.07. The van der Waals surface area contributed by atoms with E-state index < -0.39 is 0 Å². The highest BCUT2D eigenvalue weighted by molar-refractivity contribution is 5.94. The Hall–Kier alpha value is -1.84. The van der Waals surface area contributed by atoms with Gasteiger partial charge in [0.05, 0.1) is 0 Å². The smallest absolute Gasteiger partial charge is 0.253 e. The number of amides is 2. The van der Waals surface area contributed by atoms with E-state index in [1.165, 1.54) is 12.5 Å². The van der Waals surface area contributed by atoms with Crippen LogP contribution in [-0.4, -0.2) is 35.8 Å². The Morgan fingerprint density at radius 2 is 1.64 bits per heavy atom. The van der Waals surface area contributed by atoms with Gasteiger partial charge >= 0.3 is 0 Å². The van der Waals surface area contributed by atoms with Crippen LogP contribution in [0.15, 0.2) is 24.3 Å². The van der Waals surface area contributed by atoms with Gasteiger partial charge < -0.3 is 10.2 Å². The number of benzene rings is 1. The molecule has 1 heterocycles. The van der Waals surface area contributed by atoms with Crippen molar-refractivity contribution in [2.24, 2.45) is 0 Å². The van der Waals surface area contributed by atoms with E-state index in [9.17, 15) is 9.59 Å². The van der Waals surface area contributed by atoms with Crippen LogP contribution in [0.2, 0.25) is 0 Å². The maximum Gasteiger partial charge on any atom is 0.253 e. The molecule has 1 aliphatic rings. The van der Waals surface area contributed by atoms with Crippen molar-refractivity contribution in [3.05, 3.63) is 35.4 Å². The van der Waals surface area contributed by atoms with E-state index in [1.807, 2.05) is 29.2 Å². The van der Waals surface area contributed by atoms with Gasteiger partial charge in [0.25, 0.3) is 5.91 Å². The minimum Gasteiger partial charge on any atom is -0.353 e. The molecule has 0 atom stereocenters. The van der Waals surface area contributed by atoms with Crippen molar-refractivity contribution >= 4 is 11.8 Å². The lowest BCUT2D eigenvalue weighted by Crippen LogP contribution is -2.46. The fourth-order valence-corrected chi connectivity index (χ4v) is 2.81. The highest BCUT2D eigenvalue weighted by Crippen LogP contribution is 2.23. The van der Waals surface area contributed by atoms with Crippen LogP contribution in [0.25, 0.3) is 0 Å². The summed E-state index contributed by atoms with van der Waals surface area (Å²) in [5, 5.41) is 2.93. The second-order valence-electron chi connectivity index (χ2n) is 7.09. The summed E-state index contributed by atoms with van der Waals surface area (Å²) in [6.45, 7) is 9.42. The molecule has 4 nitrogen and oxygen atoms in total. The highest BCUT2D eigenvalue weighted by atomic mass is 16.2. The van der Waals surface area contributed by atoms with Gasteiger partial charge in [-0.1, -0.05) is 32.9 Å². The molecule has 0 unspecified atom stereocenters. The van der Waals surface area contributed by atoms with Crippen molar-refractivity contribution in [3.8, 4) is 0 Å². The molecule has 1 fully saturated rings. The molecule has 1 aromatic rings. The summed E-state index contributed by atoms with van der Waals surface area (Å²) in [5.74, 6) is 0.0873. The first-order chi connectivity index (χ1) is 10.3. The number of likely N-dealkylation sites (tertiary alicyclic amines) is 1. The summed E-state index contributed by atoms with van der Waals surface area (Å²) in [6.07, 6.45) is 1.65. The third kappa shape index (κ3) is 4.09. The maximum atomic E-state index is 12.5. The molecule has 4 heteroatoms. The second-order valence-corrected chi connectivity index (χ2v) is 7.09. The fraction of sp³-hybridized carbons (Fsp3) is 0.556. The van der Waals surface area contributed by atoms with E-state index >= 15 is 0 Å². The van der Waals surface area contributed by atoms with Gasteiger partial charge in [0, 0.05) is 31.6 Å². The molecule has 0 aromatic heterocycles. The Morgan fingerprint density at radius 3 is 2.09 bits per heavy atom. The Balaban J connectivity index is 1.97. The summed E-state index contributed by atoms with van der Waals surface area (Å²) in [4.78, 5) is 25.5. The van der Waals surface area contributed by atoms with Gasteiger partial charge in [0.2, 0.25) is 5.91 Å². The van der Waals surface area contributed by atoms with Gasteiger partial charge in [-0.25, -0.2) is 0 Å². The topological polar surface area (TPSA) is 49.4 Å². The van der Waals surface area contributed by atoms with Crippen molar-refractivity contribution < 1.29 is 9.59 Å². The minimum absolute atomic E-state index is 0.00236. The van der Waals surface area contributed by atoms with Crippen molar-refractivity contribution in [2.45, 2.75) is 52.0 Å². The summed E-state index contributed by atoms with van der Waals surface area (Å²) >= 11 is 0. The Morgan fingerprint density at radius 1 is 1.09 bits per heavy atom. The molecule has 120 valence electrons. The molecule has 0 radical (unpaired) electrons. The normalized spacial score (nSPS) is 16.5.